The molecule has 2 aromatic rings. The number of benzene rings is 2. The molecule has 0 aliphatic carbocycles. The summed E-state index contributed by atoms with van der Waals surface area (Å²) in [6.07, 6.45) is 1.90. The van der Waals surface area contributed by atoms with Crippen LogP contribution in [0.25, 0.3) is 0 Å². The highest BCUT2D eigenvalue weighted by Crippen LogP contribution is 2.38. The van der Waals surface area contributed by atoms with Crippen LogP contribution < -0.4 is 13.8 Å². The number of hydrogen-bond donors (Lipinski definition) is 1. The van der Waals surface area contributed by atoms with Crippen molar-refractivity contribution in [2.24, 2.45) is 0 Å². The number of sulfonamides is 2. The van der Waals surface area contributed by atoms with Gasteiger partial charge in [0, 0.05) is 12.1 Å². The molecule has 1 aliphatic heterocycles. The van der Waals surface area contributed by atoms with Crippen LogP contribution in [0.2, 0.25) is 0 Å². The average molecular weight is 441 g/mol. The molecular formula is C17H19N3O7S2. The Morgan fingerprint density at radius 2 is 1.90 bits per heavy atom. The molecule has 10 nitrogen and oxygen atoms in total. The molecule has 0 spiro atoms. The number of nitrogens with zero attached hydrogens (tertiary/aromatic N) is 2. The minimum absolute atomic E-state index is 0.112. The fraction of sp³-hybridized carbons (Fsp3) is 0.294. The molecule has 1 aliphatic rings. The lowest BCUT2D eigenvalue weighted by atomic mass is 10.0. The first kappa shape index (κ1) is 20.9. The molecule has 3 rings (SSSR count). The Morgan fingerprint density at radius 1 is 1.17 bits per heavy atom. The van der Waals surface area contributed by atoms with Crippen molar-refractivity contribution in [3.63, 3.8) is 0 Å². The van der Waals surface area contributed by atoms with Crippen LogP contribution in [-0.4, -0.2) is 41.7 Å². The second kappa shape index (κ2) is 7.52. The maximum absolute atomic E-state index is 13.3. The summed E-state index contributed by atoms with van der Waals surface area (Å²) < 4.78 is 58.3. The van der Waals surface area contributed by atoms with Crippen LogP contribution in [0, 0.1) is 10.1 Å². The monoisotopic (exact) mass is 441 g/mol. The third-order valence-electron chi connectivity index (χ3n) is 4.43. The van der Waals surface area contributed by atoms with Crippen LogP contribution >= 0.6 is 0 Å². The Bertz CT molecular complexity index is 1180. The number of nitrogens with one attached hydrogen (secondary N) is 1. The van der Waals surface area contributed by atoms with Gasteiger partial charge in [0.25, 0.3) is 15.7 Å². The van der Waals surface area contributed by atoms with Crippen LogP contribution in [0.3, 0.4) is 0 Å². The van der Waals surface area contributed by atoms with E-state index in [1.54, 1.807) is 12.1 Å². The molecule has 0 saturated heterocycles. The van der Waals surface area contributed by atoms with E-state index in [9.17, 15) is 26.9 Å². The predicted molar refractivity (Wildman–Crippen MR) is 107 cm³/mol. The molecule has 0 unspecified atom stereocenters. The lowest BCUT2D eigenvalue weighted by Crippen LogP contribution is -2.36. The second-order valence-corrected chi connectivity index (χ2v) is 10.0. The molecular weight excluding hydrogens is 422 g/mol. The zero-order valence-electron chi connectivity index (χ0n) is 15.7. The molecule has 156 valence electrons. The van der Waals surface area contributed by atoms with Crippen LogP contribution in [0.5, 0.6) is 5.75 Å². The van der Waals surface area contributed by atoms with Crippen LogP contribution in [0.15, 0.2) is 41.3 Å². The summed E-state index contributed by atoms with van der Waals surface area (Å²) in [5, 5.41) is 11.5. The Kier molecular flexibility index (Phi) is 5.41. The number of rotatable bonds is 6. The summed E-state index contributed by atoms with van der Waals surface area (Å²) in [6, 6.07) is 8.16. The summed E-state index contributed by atoms with van der Waals surface area (Å²) in [5.74, 6) is 0.161. The van der Waals surface area contributed by atoms with Gasteiger partial charge in [0.2, 0.25) is 10.0 Å². The summed E-state index contributed by atoms with van der Waals surface area (Å²) in [4.78, 5) is 10.2. The zero-order chi connectivity index (χ0) is 21.4. The average Bonchev–Trinajstić information content (AvgIpc) is 2.66. The molecule has 0 bridgehead atoms. The quantitative estimate of drug-likeness (QED) is 0.535. The highest BCUT2D eigenvalue weighted by molar-refractivity contribution is 7.93. The normalized spacial score (nSPS) is 14.2. The van der Waals surface area contributed by atoms with Crippen molar-refractivity contribution in [2.75, 3.05) is 28.9 Å². The molecule has 1 N–H and O–H groups in total. The molecule has 0 atom stereocenters. The number of hydrogen-bond acceptors (Lipinski definition) is 7. The van der Waals surface area contributed by atoms with E-state index < -0.39 is 35.6 Å². The maximum Gasteiger partial charge on any atom is 0.293 e. The first-order valence-electron chi connectivity index (χ1n) is 8.49. The lowest BCUT2D eigenvalue weighted by Gasteiger charge is -2.31. The topological polar surface area (TPSA) is 136 Å². The van der Waals surface area contributed by atoms with Gasteiger partial charge >= 0.3 is 0 Å². The van der Waals surface area contributed by atoms with Crippen molar-refractivity contribution >= 4 is 37.1 Å². The highest BCUT2D eigenvalue weighted by atomic mass is 32.2. The van der Waals surface area contributed by atoms with E-state index in [1.807, 2.05) is 0 Å². The molecule has 0 fully saturated rings. The standard InChI is InChI=1S/C17H19N3O7S2/c1-27-12-8-9-17(16(11-12)20(21)22)29(25,26)19-10-4-5-13-14(18-28(2,23)24)6-3-7-15(13)19/h3,6-9,11,18H,4-5,10H2,1-2H3. The minimum Gasteiger partial charge on any atom is -0.497 e. The molecule has 2 aromatic carbocycles. The van der Waals surface area contributed by atoms with Gasteiger partial charge in [-0.25, -0.2) is 16.8 Å². The third kappa shape index (κ3) is 4.12. The van der Waals surface area contributed by atoms with Gasteiger partial charge in [0.1, 0.15) is 5.75 Å². The molecule has 12 heteroatoms. The zero-order valence-corrected chi connectivity index (χ0v) is 17.3. The van der Waals surface area contributed by atoms with Gasteiger partial charge in [0.05, 0.1) is 35.7 Å². The van der Waals surface area contributed by atoms with E-state index >= 15 is 0 Å². The van der Waals surface area contributed by atoms with Crippen LogP contribution in [-0.2, 0) is 26.5 Å². The van der Waals surface area contributed by atoms with Gasteiger partial charge in [-0.15, -0.1) is 0 Å². The lowest BCUT2D eigenvalue weighted by molar-refractivity contribution is -0.387. The minimum atomic E-state index is -4.28. The van der Waals surface area contributed by atoms with E-state index in [1.165, 1.54) is 19.2 Å². The summed E-state index contributed by atoms with van der Waals surface area (Å²) in [7, 11) is -6.52. The number of ether oxygens (including phenoxy) is 1. The SMILES string of the molecule is COc1ccc(S(=O)(=O)N2CCCc3c(NS(C)(=O)=O)cccc32)c([N+](=O)[O-])c1. The number of methoxy groups -OCH3 is 1. The third-order valence-corrected chi connectivity index (χ3v) is 6.89. The Morgan fingerprint density at radius 3 is 2.52 bits per heavy atom. The molecule has 0 aromatic heterocycles. The number of nitro groups is 1. The number of anilines is 2. The fourth-order valence-corrected chi connectivity index (χ4v) is 5.50. The van der Waals surface area contributed by atoms with E-state index in [-0.39, 0.29) is 23.7 Å². The van der Waals surface area contributed by atoms with E-state index in [0.717, 1.165) is 22.7 Å². The Balaban J connectivity index is 2.14. The second-order valence-electron chi connectivity index (χ2n) is 6.45. The highest BCUT2D eigenvalue weighted by Gasteiger charge is 2.35. The number of nitro benzene ring substituents is 1. The first-order chi connectivity index (χ1) is 13.5. The first-order valence-corrected chi connectivity index (χ1v) is 11.8. The maximum atomic E-state index is 13.3. The Labute approximate surface area is 168 Å². The van der Waals surface area contributed by atoms with E-state index in [0.29, 0.717) is 18.4 Å². The van der Waals surface area contributed by atoms with Gasteiger partial charge in [-0.2, -0.15) is 0 Å². The largest absolute Gasteiger partial charge is 0.497 e. The van der Waals surface area contributed by atoms with Crippen molar-refractivity contribution in [1.82, 2.24) is 0 Å². The van der Waals surface area contributed by atoms with Crippen molar-refractivity contribution < 1.29 is 26.5 Å². The van der Waals surface area contributed by atoms with Crippen molar-refractivity contribution in [1.29, 1.82) is 0 Å². The van der Waals surface area contributed by atoms with Gasteiger partial charge in [-0.3, -0.25) is 19.1 Å². The fourth-order valence-electron chi connectivity index (χ4n) is 3.24. The van der Waals surface area contributed by atoms with Gasteiger partial charge < -0.3 is 4.74 Å². The summed E-state index contributed by atoms with van der Waals surface area (Å²) >= 11 is 0. The van der Waals surface area contributed by atoms with Crippen molar-refractivity contribution in [3.05, 3.63) is 52.1 Å². The molecule has 1 heterocycles. The van der Waals surface area contributed by atoms with Crippen molar-refractivity contribution in [3.8, 4) is 5.75 Å². The summed E-state index contributed by atoms with van der Waals surface area (Å²) in [6.45, 7) is 0.112. The van der Waals surface area contributed by atoms with Gasteiger partial charge in [-0.1, -0.05) is 6.07 Å². The van der Waals surface area contributed by atoms with Crippen LogP contribution in [0.4, 0.5) is 17.1 Å². The van der Waals surface area contributed by atoms with Crippen molar-refractivity contribution in [2.45, 2.75) is 17.7 Å². The van der Waals surface area contributed by atoms with Gasteiger partial charge in [0.15, 0.2) is 4.90 Å². The molecule has 0 amide bonds. The predicted octanol–water partition coefficient (Wildman–Crippen LogP) is 2.12. The molecule has 0 saturated carbocycles. The van der Waals surface area contributed by atoms with Crippen LogP contribution in [0.1, 0.15) is 12.0 Å². The Hall–Kier alpha value is -2.86. The smallest absolute Gasteiger partial charge is 0.293 e. The molecule has 29 heavy (non-hydrogen) atoms. The number of fused-ring (bicyclic) bond motifs is 1. The molecule has 0 radical (unpaired) electrons. The summed E-state index contributed by atoms with van der Waals surface area (Å²) in [5.41, 5.74) is 0.495. The van der Waals surface area contributed by atoms with E-state index in [4.69, 9.17) is 4.74 Å². The van der Waals surface area contributed by atoms with E-state index in [2.05, 4.69) is 4.72 Å². The van der Waals surface area contributed by atoms with Gasteiger partial charge in [-0.05, 0) is 37.1 Å².